The second-order valence-electron chi connectivity index (χ2n) is 3.62. The molecule has 6 heteroatoms. The van der Waals surface area contributed by atoms with E-state index < -0.39 is 0 Å². The molecule has 6 nitrogen and oxygen atoms in total. The minimum Gasteiger partial charge on any atom is -0.484 e. The molecule has 2 aromatic rings. The summed E-state index contributed by atoms with van der Waals surface area (Å²) in [5.74, 6) is 1.68. The van der Waals surface area contributed by atoms with Crippen molar-refractivity contribution in [2.45, 2.75) is 27.0 Å². The summed E-state index contributed by atoms with van der Waals surface area (Å²) in [4.78, 5) is 8.34. The molecule has 2 heterocycles. The van der Waals surface area contributed by atoms with Gasteiger partial charge in [-0.15, -0.1) is 0 Å². The minimum absolute atomic E-state index is 0.245. The first kappa shape index (κ1) is 11.5. The fraction of sp³-hybridized carbons (Fsp3) is 0.364. The third-order valence-electron chi connectivity index (χ3n) is 2.19. The number of nitrogens with zero attached hydrogens (tertiary/aromatic N) is 3. The smallest absolute Gasteiger partial charge is 0.223 e. The van der Waals surface area contributed by atoms with Crippen LogP contribution in [0.2, 0.25) is 0 Å². The molecule has 2 aromatic heterocycles. The molecule has 0 aromatic carbocycles. The lowest BCUT2D eigenvalue weighted by atomic mass is 10.3. The van der Waals surface area contributed by atoms with E-state index in [-0.39, 0.29) is 6.61 Å². The van der Waals surface area contributed by atoms with E-state index in [0.717, 1.165) is 11.4 Å². The predicted octanol–water partition coefficient (Wildman–Crippen LogP) is 1.12. The standard InChI is InChI=1S/C11H14N4O2/c1-7-3-4-10(9(5-12)13-7)16-6-11-14-8(2)17-15-11/h3-4H,5-6,12H2,1-2H3. The third kappa shape index (κ3) is 2.79. The van der Waals surface area contributed by atoms with Gasteiger partial charge >= 0.3 is 0 Å². The number of hydrogen-bond acceptors (Lipinski definition) is 6. The van der Waals surface area contributed by atoms with Crippen molar-refractivity contribution in [1.82, 2.24) is 15.1 Å². The molecule has 90 valence electrons. The van der Waals surface area contributed by atoms with E-state index in [1.807, 2.05) is 19.1 Å². The average molecular weight is 234 g/mol. The molecule has 0 amide bonds. The van der Waals surface area contributed by atoms with E-state index in [1.54, 1.807) is 6.92 Å². The van der Waals surface area contributed by atoms with Crippen LogP contribution in [-0.4, -0.2) is 15.1 Å². The zero-order valence-corrected chi connectivity index (χ0v) is 9.80. The summed E-state index contributed by atoms with van der Waals surface area (Å²) in [6, 6.07) is 3.72. The van der Waals surface area contributed by atoms with Crippen LogP contribution in [0.3, 0.4) is 0 Å². The SMILES string of the molecule is Cc1ccc(OCc2noc(C)n2)c(CN)n1. The van der Waals surface area contributed by atoms with E-state index in [0.29, 0.717) is 24.0 Å². The highest BCUT2D eigenvalue weighted by atomic mass is 16.5. The molecule has 0 unspecified atom stereocenters. The maximum absolute atomic E-state index is 5.60. The number of nitrogens with two attached hydrogens (primary N) is 1. The molecular formula is C11H14N4O2. The molecule has 0 bridgehead atoms. The lowest BCUT2D eigenvalue weighted by Gasteiger charge is -2.08. The molecule has 0 aliphatic rings. The van der Waals surface area contributed by atoms with Gasteiger partial charge < -0.3 is 15.0 Å². The topological polar surface area (TPSA) is 87.1 Å². The summed E-state index contributed by atoms with van der Waals surface area (Å²) >= 11 is 0. The summed E-state index contributed by atoms with van der Waals surface area (Å²) in [6.07, 6.45) is 0. The monoisotopic (exact) mass is 234 g/mol. The highest BCUT2D eigenvalue weighted by molar-refractivity contribution is 5.29. The van der Waals surface area contributed by atoms with Gasteiger partial charge in [0.2, 0.25) is 11.7 Å². The fourth-order valence-corrected chi connectivity index (χ4v) is 1.42. The number of aromatic nitrogens is 3. The molecular weight excluding hydrogens is 220 g/mol. The van der Waals surface area contributed by atoms with Crippen molar-refractivity contribution in [1.29, 1.82) is 0 Å². The van der Waals surface area contributed by atoms with Gasteiger partial charge in [-0.05, 0) is 19.1 Å². The van der Waals surface area contributed by atoms with Crippen molar-refractivity contribution >= 4 is 0 Å². The molecule has 0 spiro atoms. The van der Waals surface area contributed by atoms with Crippen molar-refractivity contribution < 1.29 is 9.26 Å². The Bertz CT molecular complexity index is 510. The van der Waals surface area contributed by atoms with Crippen molar-refractivity contribution in [2.75, 3.05) is 0 Å². The Kier molecular flexibility index (Phi) is 3.34. The Labute approximate surface area is 98.8 Å². The maximum atomic E-state index is 5.60. The largest absolute Gasteiger partial charge is 0.484 e. The van der Waals surface area contributed by atoms with Crippen molar-refractivity contribution in [3.63, 3.8) is 0 Å². The van der Waals surface area contributed by atoms with Gasteiger partial charge in [-0.25, -0.2) is 0 Å². The van der Waals surface area contributed by atoms with Gasteiger partial charge in [0.1, 0.15) is 5.75 Å². The Morgan fingerprint density at radius 1 is 1.29 bits per heavy atom. The van der Waals surface area contributed by atoms with Crippen molar-refractivity contribution in [3.05, 3.63) is 35.2 Å². The molecule has 0 saturated carbocycles. The van der Waals surface area contributed by atoms with Gasteiger partial charge in [0.05, 0.1) is 5.69 Å². The zero-order valence-electron chi connectivity index (χ0n) is 9.80. The van der Waals surface area contributed by atoms with Gasteiger partial charge in [-0.3, -0.25) is 4.98 Å². The van der Waals surface area contributed by atoms with Crippen LogP contribution in [-0.2, 0) is 13.2 Å². The van der Waals surface area contributed by atoms with Crippen LogP contribution in [0.4, 0.5) is 0 Å². The van der Waals surface area contributed by atoms with Crippen LogP contribution in [0.1, 0.15) is 23.1 Å². The number of aryl methyl sites for hydroxylation is 2. The molecule has 0 aliphatic heterocycles. The number of rotatable bonds is 4. The quantitative estimate of drug-likeness (QED) is 0.852. The van der Waals surface area contributed by atoms with Crippen LogP contribution in [0, 0.1) is 13.8 Å². The van der Waals surface area contributed by atoms with Crippen molar-refractivity contribution in [2.24, 2.45) is 5.73 Å². The highest BCUT2D eigenvalue weighted by Crippen LogP contribution is 2.17. The number of hydrogen-bond donors (Lipinski definition) is 1. The summed E-state index contributed by atoms with van der Waals surface area (Å²) in [7, 11) is 0. The van der Waals surface area contributed by atoms with Gasteiger partial charge in [-0.1, -0.05) is 5.16 Å². The third-order valence-corrected chi connectivity index (χ3v) is 2.19. The van der Waals surface area contributed by atoms with Crippen LogP contribution in [0.25, 0.3) is 0 Å². The Balaban J connectivity index is 2.08. The Morgan fingerprint density at radius 2 is 2.12 bits per heavy atom. The van der Waals surface area contributed by atoms with Gasteiger partial charge in [0, 0.05) is 19.2 Å². The van der Waals surface area contributed by atoms with Gasteiger partial charge in [-0.2, -0.15) is 4.98 Å². The van der Waals surface area contributed by atoms with Crippen LogP contribution in [0.5, 0.6) is 5.75 Å². The summed E-state index contributed by atoms with van der Waals surface area (Å²) < 4.78 is 10.4. The van der Waals surface area contributed by atoms with E-state index in [9.17, 15) is 0 Å². The highest BCUT2D eigenvalue weighted by Gasteiger charge is 2.07. The molecule has 0 fully saturated rings. The second-order valence-corrected chi connectivity index (χ2v) is 3.62. The normalized spacial score (nSPS) is 10.5. The molecule has 0 saturated heterocycles. The summed E-state index contributed by atoms with van der Waals surface area (Å²) in [6.45, 7) is 4.22. The molecule has 0 atom stereocenters. The Hall–Kier alpha value is -1.95. The van der Waals surface area contributed by atoms with E-state index in [2.05, 4.69) is 15.1 Å². The molecule has 2 N–H and O–H groups in total. The first-order chi connectivity index (χ1) is 8.19. The second kappa shape index (κ2) is 4.92. The lowest BCUT2D eigenvalue weighted by Crippen LogP contribution is -2.06. The molecule has 0 aliphatic carbocycles. The van der Waals surface area contributed by atoms with E-state index in [1.165, 1.54) is 0 Å². The fourth-order valence-electron chi connectivity index (χ4n) is 1.42. The van der Waals surface area contributed by atoms with Gasteiger partial charge in [0.15, 0.2) is 6.61 Å². The zero-order chi connectivity index (χ0) is 12.3. The first-order valence-corrected chi connectivity index (χ1v) is 5.27. The van der Waals surface area contributed by atoms with Crippen LogP contribution in [0.15, 0.2) is 16.7 Å². The predicted molar refractivity (Wildman–Crippen MR) is 60.2 cm³/mol. The molecule has 17 heavy (non-hydrogen) atoms. The lowest BCUT2D eigenvalue weighted by molar-refractivity contribution is 0.281. The number of ether oxygens (including phenoxy) is 1. The van der Waals surface area contributed by atoms with E-state index >= 15 is 0 Å². The van der Waals surface area contributed by atoms with Gasteiger partial charge in [0.25, 0.3) is 0 Å². The van der Waals surface area contributed by atoms with E-state index in [4.69, 9.17) is 15.0 Å². The Morgan fingerprint density at radius 3 is 2.76 bits per heavy atom. The summed E-state index contributed by atoms with van der Waals surface area (Å²) in [5, 5.41) is 3.74. The number of pyridine rings is 1. The average Bonchev–Trinajstić information content (AvgIpc) is 2.73. The van der Waals surface area contributed by atoms with Crippen LogP contribution >= 0.6 is 0 Å². The molecule has 0 radical (unpaired) electrons. The van der Waals surface area contributed by atoms with Crippen LogP contribution < -0.4 is 10.5 Å². The first-order valence-electron chi connectivity index (χ1n) is 5.27. The minimum atomic E-state index is 0.245. The maximum Gasteiger partial charge on any atom is 0.223 e. The molecule has 2 rings (SSSR count). The summed E-state index contributed by atoms with van der Waals surface area (Å²) in [5.41, 5.74) is 7.24. The van der Waals surface area contributed by atoms with Crippen molar-refractivity contribution in [3.8, 4) is 5.75 Å².